The van der Waals surface area contributed by atoms with Crippen LogP contribution in [0, 0.1) is 11.6 Å². The largest absolute Gasteiger partial charge is 0.387 e. The van der Waals surface area contributed by atoms with Crippen LogP contribution >= 0.6 is 0 Å². The third kappa shape index (κ3) is 3.49. The van der Waals surface area contributed by atoms with Crippen molar-refractivity contribution >= 4 is 18.2 Å². The lowest BCUT2D eigenvalue weighted by Gasteiger charge is -2.21. The number of ether oxygens (including phenoxy) is 1. The first kappa shape index (κ1) is 20.3. The molecule has 28 heavy (non-hydrogen) atoms. The minimum absolute atomic E-state index is 0.112. The molecule has 0 bridgehead atoms. The van der Waals surface area contributed by atoms with Gasteiger partial charge in [0.15, 0.2) is 6.23 Å². The molecule has 3 rings (SSSR count). The van der Waals surface area contributed by atoms with Gasteiger partial charge in [-0.1, -0.05) is 0 Å². The van der Waals surface area contributed by atoms with E-state index >= 15 is 0 Å². The molecule has 1 aromatic carbocycles. The average molecular weight is 393 g/mol. The minimum atomic E-state index is -1.56. The van der Waals surface area contributed by atoms with Crippen molar-refractivity contribution in [3.8, 4) is 0 Å². The Morgan fingerprint density at radius 3 is 2.43 bits per heavy atom. The molecule has 1 aliphatic rings. The highest BCUT2D eigenvalue weighted by molar-refractivity contribution is 6.02. The number of aliphatic hydroxyl groups is 3. The molecule has 1 aliphatic heterocycles. The molecule has 0 aliphatic carbocycles. The van der Waals surface area contributed by atoms with Crippen LogP contribution in [0.25, 0.3) is 0 Å². The Morgan fingerprint density at radius 1 is 1.21 bits per heavy atom. The Balaban J connectivity index is 1.93. The van der Waals surface area contributed by atoms with Crippen molar-refractivity contribution in [3.05, 3.63) is 53.2 Å². The number of aromatic nitrogens is 1. The van der Waals surface area contributed by atoms with Crippen LogP contribution in [0.2, 0.25) is 0 Å². The van der Waals surface area contributed by atoms with E-state index in [0.717, 1.165) is 12.1 Å². The average Bonchev–Trinajstić information content (AvgIpc) is 3.21. The fraction of sp³-hybridized carbons (Fsp3) is 0.368. The van der Waals surface area contributed by atoms with Gasteiger partial charge in [-0.25, -0.2) is 13.8 Å². The van der Waals surface area contributed by atoms with Crippen LogP contribution < -0.4 is 0 Å². The molecule has 7 nitrogen and oxygen atoms in total. The zero-order valence-corrected chi connectivity index (χ0v) is 15.3. The number of hydrogen-bond acceptors (Lipinski definition) is 6. The fourth-order valence-electron chi connectivity index (χ4n) is 3.33. The number of hydrogen-bond donors (Lipinski definition) is 3. The molecule has 3 N–H and O–H groups in total. The predicted molar refractivity (Wildman–Crippen MR) is 99.0 cm³/mol. The standard InChI is InChI=1S/C19H21F2N3O4/c1-9(22-2)13-4-5-24(18(13)23-3)19-16(27)15(26)17(28-19)14(25)10-6-11(20)8-12(21)7-10/h4-8,14-17,19,25-27H,3H2,1-2H3/b22-9-/t14-,15-,16+,17+,19+/m0/s1. The lowest BCUT2D eigenvalue weighted by Crippen LogP contribution is -2.34. The summed E-state index contributed by atoms with van der Waals surface area (Å²) in [6.07, 6.45) is -5.30. The van der Waals surface area contributed by atoms with Gasteiger partial charge in [-0.15, -0.1) is 0 Å². The second kappa shape index (κ2) is 7.88. The highest BCUT2D eigenvalue weighted by Gasteiger charge is 2.47. The quantitative estimate of drug-likeness (QED) is 0.676. The van der Waals surface area contributed by atoms with E-state index in [0.29, 0.717) is 23.2 Å². The summed E-state index contributed by atoms with van der Waals surface area (Å²) in [5.74, 6) is -1.38. The summed E-state index contributed by atoms with van der Waals surface area (Å²) >= 11 is 0. The maximum Gasteiger partial charge on any atom is 0.164 e. The van der Waals surface area contributed by atoms with E-state index in [2.05, 4.69) is 16.7 Å². The molecule has 0 spiro atoms. The lowest BCUT2D eigenvalue weighted by atomic mass is 9.99. The van der Waals surface area contributed by atoms with E-state index in [4.69, 9.17) is 4.74 Å². The van der Waals surface area contributed by atoms with Crippen molar-refractivity contribution in [2.24, 2.45) is 9.98 Å². The Morgan fingerprint density at radius 2 is 1.86 bits per heavy atom. The molecule has 9 heteroatoms. The number of halogens is 2. The number of rotatable bonds is 5. The summed E-state index contributed by atoms with van der Waals surface area (Å²) in [5, 5.41) is 31.3. The monoisotopic (exact) mass is 393 g/mol. The summed E-state index contributed by atoms with van der Waals surface area (Å²) in [6.45, 7) is 5.30. The highest BCUT2D eigenvalue weighted by atomic mass is 19.1. The smallest absolute Gasteiger partial charge is 0.164 e. The number of nitrogens with zero attached hydrogens (tertiary/aromatic N) is 3. The van der Waals surface area contributed by atoms with Gasteiger partial charge in [0, 0.05) is 30.6 Å². The van der Waals surface area contributed by atoms with Gasteiger partial charge >= 0.3 is 0 Å². The molecule has 1 aromatic heterocycles. The van der Waals surface area contributed by atoms with Crippen LogP contribution in [0.4, 0.5) is 14.6 Å². The van der Waals surface area contributed by atoms with Crippen molar-refractivity contribution in [1.82, 2.24) is 4.57 Å². The summed E-state index contributed by atoms with van der Waals surface area (Å²) in [5.41, 5.74) is 1.23. The van der Waals surface area contributed by atoms with Gasteiger partial charge in [0.25, 0.3) is 0 Å². The van der Waals surface area contributed by atoms with Crippen molar-refractivity contribution in [1.29, 1.82) is 0 Å². The van der Waals surface area contributed by atoms with Gasteiger partial charge in [0.05, 0.1) is 0 Å². The van der Waals surface area contributed by atoms with E-state index in [1.165, 1.54) is 4.57 Å². The van der Waals surface area contributed by atoms with Crippen LogP contribution in [-0.4, -0.2) is 57.7 Å². The zero-order valence-electron chi connectivity index (χ0n) is 15.3. The molecular formula is C19H21F2N3O4. The van der Waals surface area contributed by atoms with Gasteiger partial charge in [-0.2, -0.15) is 0 Å². The summed E-state index contributed by atoms with van der Waals surface area (Å²) in [6, 6.07) is 4.26. The van der Waals surface area contributed by atoms with Gasteiger partial charge in [0.2, 0.25) is 0 Å². The lowest BCUT2D eigenvalue weighted by molar-refractivity contribution is -0.0855. The van der Waals surface area contributed by atoms with Gasteiger partial charge in [0.1, 0.15) is 41.9 Å². The molecule has 0 saturated carbocycles. The third-order valence-electron chi connectivity index (χ3n) is 4.85. The minimum Gasteiger partial charge on any atom is -0.387 e. The number of aliphatic imine (C=N–C) groups is 2. The van der Waals surface area contributed by atoms with Crippen LogP contribution in [-0.2, 0) is 4.74 Å². The van der Waals surface area contributed by atoms with E-state index < -0.39 is 42.3 Å². The number of aliphatic hydroxyl groups excluding tert-OH is 3. The van der Waals surface area contributed by atoms with Crippen LogP contribution in [0.3, 0.4) is 0 Å². The molecule has 2 heterocycles. The summed E-state index contributed by atoms with van der Waals surface area (Å²) in [4.78, 5) is 8.04. The first-order valence-electron chi connectivity index (χ1n) is 8.55. The number of benzene rings is 1. The SMILES string of the molecule is C=Nc1c(/C(C)=N\C)ccn1[C@@H]1O[C@H]([C@@H](O)c2cc(F)cc(F)c2)[C@@H](O)[C@H]1O. The molecule has 0 radical (unpaired) electrons. The van der Waals surface area contributed by atoms with Crippen molar-refractivity contribution < 1.29 is 28.8 Å². The topological polar surface area (TPSA) is 99.6 Å². The molecule has 1 saturated heterocycles. The Bertz CT molecular complexity index is 894. The van der Waals surface area contributed by atoms with Crippen molar-refractivity contribution in [2.45, 2.75) is 37.6 Å². The predicted octanol–water partition coefficient (Wildman–Crippen LogP) is 1.89. The summed E-state index contributed by atoms with van der Waals surface area (Å²) < 4.78 is 34.1. The first-order chi connectivity index (χ1) is 13.3. The molecule has 5 atom stereocenters. The molecule has 150 valence electrons. The van der Waals surface area contributed by atoms with Gasteiger partial charge in [-0.05, 0) is 37.4 Å². The van der Waals surface area contributed by atoms with Crippen LogP contribution in [0.15, 0.2) is 40.4 Å². The van der Waals surface area contributed by atoms with Crippen molar-refractivity contribution in [3.63, 3.8) is 0 Å². The maximum atomic E-state index is 13.5. The van der Waals surface area contributed by atoms with E-state index in [-0.39, 0.29) is 5.56 Å². The van der Waals surface area contributed by atoms with Crippen LogP contribution in [0.5, 0.6) is 0 Å². The zero-order chi connectivity index (χ0) is 20.6. The second-order valence-corrected chi connectivity index (χ2v) is 6.55. The van der Waals surface area contributed by atoms with E-state index in [1.54, 1.807) is 26.2 Å². The molecule has 0 amide bonds. The maximum absolute atomic E-state index is 13.5. The Kier molecular flexibility index (Phi) is 5.71. The second-order valence-electron chi connectivity index (χ2n) is 6.55. The Labute approximate surface area is 160 Å². The fourth-order valence-corrected chi connectivity index (χ4v) is 3.33. The molecular weight excluding hydrogens is 372 g/mol. The van der Waals surface area contributed by atoms with Crippen LogP contribution in [0.1, 0.15) is 30.4 Å². The highest BCUT2D eigenvalue weighted by Crippen LogP contribution is 2.39. The van der Waals surface area contributed by atoms with E-state index in [1.807, 2.05) is 0 Å². The summed E-state index contributed by atoms with van der Waals surface area (Å²) in [7, 11) is 1.62. The Hall–Kier alpha value is -2.46. The first-order valence-corrected chi connectivity index (χ1v) is 8.55. The van der Waals surface area contributed by atoms with E-state index in [9.17, 15) is 24.1 Å². The van der Waals surface area contributed by atoms with Crippen molar-refractivity contribution in [2.75, 3.05) is 7.05 Å². The molecule has 2 aromatic rings. The normalized spacial score (nSPS) is 26.5. The molecule has 0 unspecified atom stereocenters. The van der Waals surface area contributed by atoms with Gasteiger partial charge in [-0.3, -0.25) is 4.99 Å². The van der Waals surface area contributed by atoms with Gasteiger partial charge < -0.3 is 24.6 Å². The third-order valence-corrected chi connectivity index (χ3v) is 4.85. The molecule has 1 fully saturated rings.